The van der Waals surface area contributed by atoms with Crippen molar-refractivity contribution in [3.63, 3.8) is 0 Å². The summed E-state index contributed by atoms with van der Waals surface area (Å²) < 4.78 is 15.6. The molecule has 0 saturated carbocycles. The van der Waals surface area contributed by atoms with Crippen LogP contribution in [0, 0.1) is 5.92 Å². The quantitative estimate of drug-likeness (QED) is 0.637. The molecule has 0 fully saturated rings. The largest absolute Gasteiger partial charge is 0.493 e. The van der Waals surface area contributed by atoms with Gasteiger partial charge in [0.15, 0.2) is 11.5 Å². The third-order valence-corrected chi connectivity index (χ3v) is 3.67. The lowest BCUT2D eigenvalue weighted by molar-refractivity contribution is 0.199. The van der Waals surface area contributed by atoms with Crippen LogP contribution >= 0.6 is 0 Å². The van der Waals surface area contributed by atoms with Crippen molar-refractivity contribution in [1.82, 2.24) is 5.32 Å². The van der Waals surface area contributed by atoms with Gasteiger partial charge in [-0.05, 0) is 49.4 Å². The molecule has 1 rings (SSSR count). The Morgan fingerprint density at radius 3 is 2.43 bits per heavy atom. The van der Waals surface area contributed by atoms with E-state index in [-0.39, 0.29) is 0 Å². The molecule has 0 aliphatic carbocycles. The first-order valence-electron chi connectivity index (χ1n) is 7.61. The Morgan fingerprint density at radius 1 is 1.00 bits per heavy atom. The third kappa shape index (κ3) is 6.82. The van der Waals surface area contributed by atoms with Crippen molar-refractivity contribution in [2.75, 3.05) is 41.0 Å². The first-order chi connectivity index (χ1) is 10.2. The molecule has 0 aliphatic rings. The minimum absolute atomic E-state index is 0.702. The van der Waals surface area contributed by atoms with Gasteiger partial charge in [-0.3, -0.25) is 0 Å². The number of hydrogen-bond donors (Lipinski definition) is 1. The summed E-state index contributed by atoms with van der Waals surface area (Å²) in [6.45, 7) is 5.06. The van der Waals surface area contributed by atoms with Gasteiger partial charge in [0.25, 0.3) is 0 Å². The van der Waals surface area contributed by atoms with Crippen molar-refractivity contribution >= 4 is 0 Å². The number of rotatable bonds is 11. The van der Waals surface area contributed by atoms with E-state index < -0.39 is 0 Å². The highest BCUT2D eigenvalue weighted by molar-refractivity contribution is 5.42. The monoisotopic (exact) mass is 295 g/mol. The van der Waals surface area contributed by atoms with Gasteiger partial charge >= 0.3 is 0 Å². The molecule has 4 heteroatoms. The van der Waals surface area contributed by atoms with Crippen molar-refractivity contribution in [3.8, 4) is 11.5 Å². The van der Waals surface area contributed by atoms with Crippen LogP contribution in [-0.4, -0.2) is 41.0 Å². The maximum Gasteiger partial charge on any atom is 0.160 e. The number of benzene rings is 1. The van der Waals surface area contributed by atoms with Crippen LogP contribution in [-0.2, 0) is 11.2 Å². The molecular weight excluding hydrogens is 266 g/mol. The molecule has 1 atom stereocenters. The molecule has 1 unspecified atom stereocenters. The van der Waals surface area contributed by atoms with E-state index in [0.29, 0.717) is 5.92 Å². The SMILES string of the molecule is COCCNCCC(C)CCc1ccc(OC)c(OC)c1. The van der Waals surface area contributed by atoms with Crippen LogP contribution in [0.25, 0.3) is 0 Å². The van der Waals surface area contributed by atoms with Crippen LogP contribution in [0.2, 0.25) is 0 Å². The maximum atomic E-state index is 5.34. The normalized spacial score (nSPS) is 12.2. The molecule has 4 nitrogen and oxygen atoms in total. The Labute approximate surface area is 128 Å². The summed E-state index contributed by atoms with van der Waals surface area (Å²) in [6, 6.07) is 6.17. The van der Waals surface area contributed by atoms with Gasteiger partial charge < -0.3 is 19.5 Å². The van der Waals surface area contributed by atoms with Crippen LogP contribution in [0.15, 0.2) is 18.2 Å². The summed E-state index contributed by atoms with van der Waals surface area (Å²) in [6.07, 6.45) is 3.44. The molecule has 1 N–H and O–H groups in total. The second kappa shape index (κ2) is 10.5. The first-order valence-corrected chi connectivity index (χ1v) is 7.61. The lowest BCUT2D eigenvalue weighted by atomic mass is 9.98. The van der Waals surface area contributed by atoms with Crippen molar-refractivity contribution in [2.24, 2.45) is 5.92 Å². The first kappa shape index (κ1) is 17.8. The van der Waals surface area contributed by atoms with Gasteiger partial charge in [0.1, 0.15) is 0 Å². The fourth-order valence-corrected chi connectivity index (χ4v) is 2.24. The number of ether oxygens (including phenoxy) is 3. The van der Waals surface area contributed by atoms with Gasteiger partial charge in [0.2, 0.25) is 0 Å². The number of aryl methyl sites for hydroxylation is 1. The molecule has 0 bridgehead atoms. The van der Waals surface area contributed by atoms with E-state index in [1.165, 1.54) is 18.4 Å². The van der Waals surface area contributed by atoms with E-state index in [9.17, 15) is 0 Å². The maximum absolute atomic E-state index is 5.34. The van der Waals surface area contributed by atoms with E-state index in [1.807, 2.05) is 6.07 Å². The highest BCUT2D eigenvalue weighted by Gasteiger charge is 2.07. The summed E-state index contributed by atoms with van der Waals surface area (Å²) in [5.41, 5.74) is 1.30. The number of nitrogens with one attached hydrogen (secondary N) is 1. The van der Waals surface area contributed by atoms with Crippen LogP contribution in [0.3, 0.4) is 0 Å². The Balaban J connectivity index is 2.30. The molecule has 120 valence electrons. The Bertz CT molecular complexity index is 396. The summed E-state index contributed by atoms with van der Waals surface area (Å²) in [5, 5.41) is 3.39. The lowest BCUT2D eigenvalue weighted by Gasteiger charge is -2.13. The molecule has 0 aromatic heterocycles. The van der Waals surface area contributed by atoms with Gasteiger partial charge in [-0.2, -0.15) is 0 Å². The second-order valence-electron chi connectivity index (χ2n) is 5.36. The van der Waals surface area contributed by atoms with E-state index in [2.05, 4.69) is 24.4 Å². The molecule has 0 heterocycles. The van der Waals surface area contributed by atoms with Crippen LogP contribution in [0.1, 0.15) is 25.3 Å². The fraction of sp³-hybridized carbons (Fsp3) is 0.647. The predicted octanol–water partition coefficient (Wildman–Crippen LogP) is 2.90. The van der Waals surface area contributed by atoms with Crippen LogP contribution in [0.4, 0.5) is 0 Å². The predicted molar refractivity (Wildman–Crippen MR) is 86.4 cm³/mol. The van der Waals surface area contributed by atoms with E-state index in [1.54, 1.807) is 21.3 Å². The zero-order chi connectivity index (χ0) is 15.5. The molecule has 1 aromatic carbocycles. The van der Waals surface area contributed by atoms with Gasteiger partial charge in [-0.25, -0.2) is 0 Å². The molecule has 21 heavy (non-hydrogen) atoms. The lowest BCUT2D eigenvalue weighted by Crippen LogP contribution is -2.21. The topological polar surface area (TPSA) is 39.7 Å². The molecule has 0 saturated heterocycles. The summed E-state index contributed by atoms with van der Waals surface area (Å²) >= 11 is 0. The number of hydrogen-bond acceptors (Lipinski definition) is 4. The zero-order valence-electron chi connectivity index (χ0n) is 13.8. The highest BCUT2D eigenvalue weighted by atomic mass is 16.5. The summed E-state index contributed by atoms with van der Waals surface area (Å²) in [7, 11) is 5.07. The average molecular weight is 295 g/mol. The van der Waals surface area contributed by atoms with Gasteiger partial charge in [0, 0.05) is 13.7 Å². The summed E-state index contributed by atoms with van der Waals surface area (Å²) in [5.74, 6) is 2.30. The fourth-order valence-electron chi connectivity index (χ4n) is 2.24. The number of methoxy groups -OCH3 is 3. The highest BCUT2D eigenvalue weighted by Crippen LogP contribution is 2.28. The van der Waals surface area contributed by atoms with Crippen LogP contribution < -0.4 is 14.8 Å². The van der Waals surface area contributed by atoms with Crippen molar-refractivity contribution in [3.05, 3.63) is 23.8 Å². The van der Waals surface area contributed by atoms with Gasteiger partial charge in [0.05, 0.1) is 20.8 Å². The Hall–Kier alpha value is -1.26. The van der Waals surface area contributed by atoms with E-state index in [4.69, 9.17) is 14.2 Å². The molecule has 0 spiro atoms. The van der Waals surface area contributed by atoms with Crippen LogP contribution in [0.5, 0.6) is 11.5 Å². The second-order valence-corrected chi connectivity index (χ2v) is 5.36. The van der Waals surface area contributed by atoms with Crippen molar-refractivity contribution < 1.29 is 14.2 Å². The Morgan fingerprint density at radius 2 is 1.76 bits per heavy atom. The molecule has 0 amide bonds. The molecule has 0 aliphatic heterocycles. The van der Waals surface area contributed by atoms with Gasteiger partial charge in [-0.15, -0.1) is 0 Å². The minimum Gasteiger partial charge on any atom is -0.493 e. The van der Waals surface area contributed by atoms with Gasteiger partial charge in [-0.1, -0.05) is 13.0 Å². The van der Waals surface area contributed by atoms with E-state index >= 15 is 0 Å². The van der Waals surface area contributed by atoms with E-state index in [0.717, 1.165) is 37.6 Å². The smallest absolute Gasteiger partial charge is 0.160 e. The third-order valence-electron chi connectivity index (χ3n) is 3.67. The molecule has 1 aromatic rings. The minimum atomic E-state index is 0.702. The molecule has 0 radical (unpaired) electrons. The standard InChI is InChI=1S/C17H29NO3/c1-14(9-10-18-11-12-19-2)5-6-15-7-8-16(20-3)17(13-15)21-4/h7-8,13-14,18H,5-6,9-12H2,1-4H3. The molecular formula is C17H29NO3. The van der Waals surface area contributed by atoms with Crippen molar-refractivity contribution in [1.29, 1.82) is 0 Å². The zero-order valence-corrected chi connectivity index (χ0v) is 13.8. The summed E-state index contributed by atoms with van der Waals surface area (Å²) in [4.78, 5) is 0. The Kier molecular flexibility index (Phi) is 8.87. The van der Waals surface area contributed by atoms with Crippen molar-refractivity contribution in [2.45, 2.75) is 26.2 Å². The average Bonchev–Trinajstić information content (AvgIpc) is 2.52.